The van der Waals surface area contributed by atoms with Gasteiger partial charge in [-0.05, 0) is 27.7 Å². The summed E-state index contributed by atoms with van der Waals surface area (Å²) < 4.78 is 9.99. The second-order valence-electron chi connectivity index (χ2n) is 5.26. The van der Waals surface area contributed by atoms with E-state index in [0.717, 1.165) is 27.9 Å². The van der Waals surface area contributed by atoms with E-state index in [1.54, 1.807) is 0 Å². The molecular formula is C13H20O8. The molecule has 0 aromatic rings. The number of carbonyl (C=O) groups excluding carboxylic acids is 3. The number of aliphatic hydroxyl groups is 3. The van der Waals surface area contributed by atoms with Gasteiger partial charge < -0.3 is 24.8 Å². The lowest BCUT2D eigenvalue weighted by molar-refractivity contribution is -0.358. The highest BCUT2D eigenvalue weighted by molar-refractivity contribution is 6.05. The number of methoxy groups -OCH3 is 1. The summed E-state index contributed by atoms with van der Waals surface area (Å²) in [6.45, 7) is 3.88. The van der Waals surface area contributed by atoms with Gasteiger partial charge in [0.1, 0.15) is 0 Å². The second kappa shape index (κ2) is 5.22. The topological polar surface area (TPSA) is 130 Å². The molecule has 1 fully saturated rings. The summed E-state index contributed by atoms with van der Waals surface area (Å²) in [7, 11) is 1.09. The summed E-state index contributed by atoms with van der Waals surface area (Å²) in [6, 6.07) is 0. The Bertz CT molecular complexity index is 489. The van der Waals surface area contributed by atoms with Crippen molar-refractivity contribution in [1.82, 2.24) is 0 Å². The van der Waals surface area contributed by atoms with E-state index in [0.29, 0.717) is 0 Å². The summed E-state index contributed by atoms with van der Waals surface area (Å²) in [5.74, 6) is -3.27. The molecule has 21 heavy (non-hydrogen) atoms. The van der Waals surface area contributed by atoms with Crippen LogP contribution in [0.3, 0.4) is 0 Å². The molecule has 0 bridgehead atoms. The third-order valence-electron chi connectivity index (χ3n) is 4.16. The maximum atomic E-state index is 12.0. The Hall–Kier alpha value is -1.19. The molecule has 0 unspecified atom stereocenters. The minimum absolute atomic E-state index is 0.854. The van der Waals surface area contributed by atoms with Crippen LogP contribution in [0.2, 0.25) is 0 Å². The SMILES string of the molecule is CO[C@H]1O[C@H](C)[C@@](O)(C(C)=O)[C@@](O)(C(C)=O)[C@]1(O)C(C)=O. The van der Waals surface area contributed by atoms with Crippen LogP contribution in [0.4, 0.5) is 0 Å². The molecular weight excluding hydrogens is 284 g/mol. The van der Waals surface area contributed by atoms with E-state index < -0.39 is 46.5 Å². The minimum atomic E-state index is -3.10. The van der Waals surface area contributed by atoms with Gasteiger partial charge in [-0.2, -0.15) is 0 Å². The van der Waals surface area contributed by atoms with Crippen molar-refractivity contribution >= 4 is 17.3 Å². The lowest BCUT2D eigenvalue weighted by Crippen LogP contribution is -2.85. The van der Waals surface area contributed by atoms with Crippen molar-refractivity contribution in [2.45, 2.75) is 56.9 Å². The zero-order valence-electron chi connectivity index (χ0n) is 12.5. The molecule has 3 N–H and O–H groups in total. The maximum Gasteiger partial charge on any atom is 0.213 e. The Balaban J connectivity index is 3.78. The summed E-state index contributed by atoms with van der Waals surface area (Å²) >= 11 is 0. The minimum Gasteiger partial charge on any atom is -0.376 e. The second-order valence-corrected chi connectivity index (χ2v) is 5.26. The average Bonchev–Trinajstić information content (AvgIpc) is 2.39. The van der Waals surface area contributed by atoms with Gasteiger partial charge in [0.05, 0.1) is 6.10 Å². The molecule has 0 radical (unpaired) electrons. The number of ether oxygens (including phenoxy) is 2. The van der Waals surface area contributed by atoms with Gasteiger partial charge in [-0.25, -0.2) is 0 Å². The first-order valence-corrected chi connectivity index (χ1v) is 6.30. The number of rotatable bonds is 4. The molecule has 120 valence electrons. The van der Waals surface area contributed by atoms with Crippen LogP contribution in [-0.2, 0) is 23.9 Å². The van der Waals surface area contributed by atoms with Gasteiger partial charge in [0.15, 0.2) is 29.2 Å². The molecule has 0 spiro atoms. The van der Waals surface area contributed by atoms with Crippen LogP contribution in [-0.4, -0.2) is 69.0 Å². The standard InChI is InChI=1S/C13H20O8/c1-6(14)11(17)9(4)21-10(20-5)12(18,7(2)15)13(11,19)8(3)16/h9-10,17-19H,1-5H3/t9-,10+,11+,12+,13+/m1/s1. The van der Waals surface area contributed by atoms with Crippen molar-refractivity contribution in [1.29, 1.82) is 0 Å². The fourth-order valence-corrected chi connectivity index (χ4v) is 2.86. The van der Waals surface area contributed by atoms with Crippen molar-refractivity contribution in [2.75, 3.05) is 7.11 Å². The predicted molar refractivity (Wildman–Crippen MR) is 68.2 cm³/mol. The van der Waals surface area contributed by atoms with E-state index in [1.807, 2.05) is 0 Å². The van der Waals surface area contributed by atoms with Crippen molar-refractivity contribution in [3.63, 3.8) is 0 Å². The average molecular weight is 304 g/mol. The highest BCUT2D eigenvalue weighted by Gasteiger charge is 2.77. The molecule has 5 atom stereocenters. The molecule has 0 aromatic carbocycles. The number of hydrogen-bond acceptors (Lipinski definition) is 8. The molecule has 1 heterocycles. The Morgan fingerprint density at radius 2 is 1.38 bits per heavy atom. The lowest BCUT2D eigenvalue weighted by atomic mass is 9.61. The number of carbonyl (C=O) groups is 3. The van der Waals surface area contributed by atoms with Crippen molar-refractivity contribution < 1.29 is 39.2 Å². The van der Waals surface area contributed by atoms with Crippen LogP contribution >= 0.6 is 0 Å². The summed E-state index contributed by atoms with van der Waals surface area (Å²) in [5, 5.41) is 32.0. The van der Waals surface area contributed by atoms with Crippen molar-refractivity contribution in [3.05, 3.63) is 0 Å². The van der Waals surface area contributed by atoms with Gasteiger partial charge >= 0.3 is 0 Å². The predicted octanol–water partition coefficient (Wildman–Crippen LogP) is -1.66. The molecule has 1 saturated heterocycles. The quantitative estimate of drug-likeness (QED) is 0.562. The van der Waals surface area contributed by atoms with Gasteiger partial charge in [-0.15, -0.1) is 0 Å². The first-order valence-electron chi connectivity index (χ1n) is 6.30. The highest BCUT2D eigenvalue weighted by Crippen LogP contribution is 2.46. The van der Waals surface area contributed by atoms with Crippen LogP contribution in [0.15, 0.2) is 0 Å². The largest absolute Gasteiger partial charge is 0.376 e. The third-order valence-corrected chi connectivity index (χ3v) is 4.16. The molecule has 8 heteroatoms. The Morgan fingerprint density at radius 3 is 1.67 bits per heavy atom. The van der Waals surface area contributed by atoms with Crippen molar-refractivity contribution in [3.8, 4) is 0 Å². The highest BCUT2D eigenvalue weighted by atomic mass is 16.7. The Labute approximate surface area is 121 Å². The van der Waals surface area contributed by atoms with Gasteiger partial charge in [-0.1, -0.05) is 0 Å². The van der Waals surface area contributed by atoms with E-state index in [2.05, 4.69) is 0 Å². The molecule has 0 saturated carbocycles. The Kier molecular flexibility index (Phi) is 4.44. The zero-order chi connectivity index (χ0) is 16.8. The third kappa shape index (κ3) is 1.91. The number of ketones is 3. The number of Topliss-reactive ketones (excluding diaryl/α,β-unsaturated/α-hetero) is 3. The first-order chi connectivity index (χ1) is 9.42. The molecule has 8 nitrogen and oxygen atoms in total. The van der Waals surface area contributed by atoms with Gasteiger partial charge in [0, 0.05) is 7.11 Å². The van der Waals surface area contributed by atoms with Crippen LogP contribution < -0.4 is 0 Å². The molecule has 1 aliphatic heterocycles. The fourth-order valence-electron chi connectivity index (χ4n) is 2.86. The van der Waals surface area contributed by atoms with Crippen molar-refractivity contribution in [2.24, 2.45) is 0 Å². The summed E-state index contributed by atoms with van der Waals surface area (Å²) in [6.07, 6.45) is -3.12. The first kappa shape index (κ1) is 17.9. The van der Waals surface area contributed by atoms with Crippen LogP contribution in [0.5, 0.6) is 0 Å². The van der Waals surface area contributed by atoms with E-state index >= 15 is 0 Å². The monoisotopic (exact) mass is 304 g/mol. The summed E-state index contributed by atoms with van der Waals surface area (Å²) in [5.41, 5.74) is -8.83. The van der Waals surface area contributed by atoms with E-state index in [4.69, 9.17) is 9.47 Å². The van der Waals surface area contributed by atoms with Crippen LogP contribution in [0.1, 0.15) is 27.7 Å². The van der Waals surface area contributed by atoms with Gasteiger partial charge in [-0.3, -0.25) is 14.4 Å². The smallest absolute Gasteiger partial charge is 0.213 e. The summed E-state index contributed by atoms with van der Waals surface area (Å²) in [4.78, 5) is 35.7. The lowest BCUT2D eigenvalue weighted by Gasteiger charge is -2.56. The van der Waals surface area contributed by atoms with Crippen LogP contribution in [0, 0.1) is 0 Å². The molecule has 1 aliphatic rings. The van der Waals surface area contributed by atoms with Gasteiger partial charge in [0.25, 0.3) is 0 Å². The molecule has 0 amide bonds. The molecule has 0 aromatic heterocycles. The Morgan fingerprint density at radius 1 is 0.952 bits per heavy atom. The maximum absolute atomic E-state index is 12.0. The van der Waals surface area contributed by atoms with Gasteiger partial charge in [0.2, 0.25) is 11.2 Å². The van der Waals surface area contributed by atoms with E-state index in [9.17, 15) is 29.7 Å². The number of hydrogen-bond donors (Lipinski definition) is 3. The molecule has 1 rings (SSSR count). The molecule has 0 aliphatic carbocycles. The zero-order valence-corrected chi connectivity index (χ0v) is 12.5. The van der Waals surface area contributed by atoms with E-state index in [-0.39, 0.29) is 0 Å². The van der Waals surface area contributed by atoms with E-state index in [1.165, 1.54) is 6.92 Å². The van der Waals surface area contributed by atoms with Crippen LogP contribution in [0.25, 0.3) is 0 Å². The fraction of sp³-hybridized carbons (Fsp3) is 0.769. The normalized spacial score (nSPS) is 43.4.